The fourth-order valence-electron chi connectivity index (χ4n) is 2.74. The maximum atomic E-state index is 12.1. The van der Waals surface area contributed by atoms with Crippen molar-refractivity contribution in [2.24, 2.45) is 5.92 Å². The van der Waals surface area contributed by atoms with Gasteiger partial charge in [-0.05, 0) is 31.9 Å². The second-order valence-corrected chi connectivity index (χ2v) is 5.68. The molecule has 1 heterocycles. The van der Waals surface area contributed by atoms with Crippen LogP contribution in [0.5, 0.6) is 0 Å². The first-order chi connectivity index (χ1) is 9.58. The number of hydrogen-bond acceptors (Lipinski definition) is 3. The first-order valence-electron chi connectivity index (χ1n) is 7.31. The molecule has 5 heteroatoms. The van der Waals surface area contributed by atoms with E-state index in [1.165, 1.54) is 0 Å². The second kappa shape index (κ2) is 6.79. The lowest BCUT2D eigenvalue weighted by Gasteiger charge is -2.31. The summed E-state index contributed by atoms with van der Waals surface area (Å²) in [7, 11) is 1.77. The number of carbonyl (C=O) groups excluding carboxylic acids is 1. The Morgan fingerprint density at radius 2 is 2.30 bits per heavy atom. The number of furan rings is 1. The van der Waals surface area contributed by atoms with Gasteiger partial charge in [0, 0.05) is 19.5 Å². The average molecular weight is 280 g/mol. The zero-order chi connectivity index (χ0) is 14.5. The summed E-state index contributed by atoms with van der Waals surface area (Å²) in [4.78, 5) is 13.8. The van der Waals surface area contributed by atoms with Crippen molar-refractivity contribution < 1.29 is 14.3 Å². The molecule has 1 aliphatic rings. The van der Waals surface area contributed by atoms with Gasteiger partial charge >= 0.3 is 6.03 Å². The number of carbonyl (C=O) groups is 1. The van der Waals surface area contributed by atoms with Crippen molar-refractivity contribution in [3.8, 4) is 0 Å². The predicted molar refractivity (Wildman–Crippen MR) is 76.2 cm³/mol. The van der Waals surface area contributed by atoms with Gasteiger partial charge in [0.2, 0.25) is 0 Å². The maximum absolute atomic E-state index is 12.1. The monoisotopic (exact) mass is 280 g/mol. The molecule has 5 nitrogen and oxygen atoms in total. The number of nitrogens with zero attached hydrogens (tertiary/aromatic N) is 1. The molecular formula is C15H24N2O3. The highest BCUT2D eigenvalue weighted by Gasteiger charge is 2.26. The molecule has 1 aromatic heterocycles. The van der Waals surface area contributed by atoms with Crippen LogP contribution in [0.2, 0.25) is 0 Å². The molecule has 2 N–H and O–H groups in total. The van der Waals surface area contributed by atoms with Gasteiger partial charge in [0.05, 0.1) is 18.4 Å². The minimum absolute atomic E-state index is 0.133. The van der Waals surface area contributed by atoms with E-state index in [0.29, 0.717) is 6.54 Å². The van der Waals surface area contributed by atoms with E-state index in [0.717, 1.165) is 31.4 Å². The summed E-state index contributed by atoms with van der Waals surface area (Å²) in [5.41, 5.74) is 0. The lowest BCUT2D eigenvalue weighted by atomic mass is 9.86. The SMILES string of the molecule is C[C@H](NC(=O)N(C)C[C@@H]1CCCC[C@@H]1O)c1ccco1. The minimum atomic E-state index is -0.276. The largest absolute Gasteiger partial charge is 0.467 e. The summed E-state index contributed by atoms with van der Waals surface area (Å²) >= 11 is 0. The Balaban J connectivity index is 1.82. The number of urea groups is 1. The summed E-state index contributed by atoms with van der Waals surface area (Å²) in [6, 6.07) is 3.36. The van der Waals surface area contributed by atoms with Gasteiger partial charge in [-0.2, -0.15) is 0 Å². The lowest BCUT2D eigenvalue weighted by Crippen LogP contribution is -2.43. The number of nitrogens with one attached hydrogen (secondary N) is 1. The smallest absolute Gasteiger partial charge is 0.317 e. The Labute approximate surface area is 119 Å². The zero-order valence-corrected chi connectivity index (χ0v) is 12.2. The van der Waals surface area contributed by atoms with Crippen molar-refractivity contribution in [3.63, 3.8) is 0 Å². The molecule has 1 aliphatic carbocycles. The van der Waals surface area contributed by atoms with Crippen LogP contribution in [0.4, 0.5) is 4.79 Å². The Morgan fingerprint density at radius 1 is 1.55 bits per heavy atom. The molecule has 0 unspecified atom stereocenters. The van der Waals surface area contributed by atoms with Crippen molar-refractivity contribution >= 4 is 6.03 Å². The predicted octanol–water partition coefficient (Wildman–Crippen LogP) is 2.53. The number of aliphatic hydroxyl groups is 1. The van der Waals surface area contributed by atoms with E-state index in [-0.39, 0.29) is 24.1 Å². The van der Waals surface area contributed by atoms with Gasteiger partial charge in [-0.3, -0.25) is 0 Å². The first-order valence-corrected chi connectivity index (χ1v) is 7.31. The second-order valence-electron chi connectivity index (χ2n) is 5.68. The van der Waals surface area contributed by atoms with Crippen LogP contribution in [0.1, 0.15) is 44.4 Å². The molecule has 2 rings (SSSR count). The van der Waals surface area contributed by atoms with Crippen LogP contribution in [0, 0.1) is 5.92 Å². The molecule has 0 saturated heterocycles. The third-order valence-electron chi connectivity index (χ3n) is 4.03. The molecule has 0 aromatic carbocycles. The van der Waals surface area contributed by atoms with Crippen molar-refractivity contribution in [2.45, 2.75) is 44.8 Å². The van der Waals surface area contributed by atoms with Crippen molar-refractivity contribution in [3.05, 3.63) is 24.2 Å². The molecule has 0 aliphatic heterocycles. The highest BCUT2D eigenvalue weighted by atomic mass is 16.3. The molecule has 112 valence electrons. The highest BCUT2D eigenvalue weighted by Crippen LogP contribution is 2.25. The van der Waals surface area contributed by atoms with Crippen molar-refractivity contribution in [2.75, 3.05) is 13.6 Å². The zero-order valence-electron chi connectivity index (χ0n) is 12.2. The van der Waals surface area contributed by atoms with Crippen LogP contribution in [0.25, 0.3) is 0 Å². The van der Waals surface area contributed by atoms with Gasteiger partial charge in [0.15, 0.2) is 0 Å². The Hall–Kier alpha value is -1.49. The van der Waals surface area contributed by atoms with Gasteiger partial charge in [-0.15, -0.1) is 0 Å². The fraction of sp³-hybridized carbons (Fsp3) is 0.667. The lowest BCUT2D eigenvalue weighted by molar-refractivity contribution is 0.0562. The van der Waals surface area contributed by atoms with Gasteiger partial charge < -0.3 is 19.7 Å². The van der Waals surface area contributed by atoms with Crippen LogP contribution in [-0.4, -0.2) is 35.7 Å². The molecule has 2 amide bonds. The standard InChI is InChI=1S/C15H24N2O3/c1-11(14-8-5-9-20-14)16-15(19)17(2)10-12-6-3-4-7-13(12)18/h5,8-9,11-13,18H,3-4,6-7,10H2,1-2H3,(H,16,19)/t11-,12-,13-/m0/s1. The summed E-state index contributed by atoms with van der Waals surface area (Å²) in [6.45, 7) is 2.48. The molecule has 0 radical (unpaired) electrons. The summed E-state index contributed by atoms with van der Waals surface area (Å²) in [6.07, 6.45) is 5.39. The molecule has 1 saturated carbocycles. The third-order valence-corrected chi connectivity index (χ3v) is 4.03. The van der Waals surface area contributed by atoms with E-state index in [1.807, 2.05) is 13.0 Å². The maximum Gasteiger partial charge on any atom is 0.317 e. The molecule has 3 atom stereocenters. The molecule has 0 bridgehead atoms. The van der Waals surface area contributed by atoms with E-state index in [2.05, 4.69) is 5.32 Å². The summed E-state index contributed by atoms with van der Waals surface area (Å²) in [5.74, 6) is 0.933. The van der Waals surface area contributed by atoms with Crippen LogP contribution in [0.15, 0.2) is 22.8 Å². The first kappa shape index (κ1) is 14.9. The Morgan fingerprint density at radius 3 is 2.95 bits per heavy atom. The number of hydrogen-bond donors (Lipinski definition) is 2. The minimum Gasteiger partial charge on any atom is -0.467 e. The topological polar surface area (TPSA) is 65.7 Å². The van der Waals surface area contributed by atoms with Crippen LogP contribution < -0.4 is 5.32 Å². The third kappa shape index (κ3) is 3.76. The fourth-order valence-corrected chi connectivity index (χ4v) is 2.74. The van der Waals surface area contributed by atoms with Crippen molar-refractivity contribution in [1.82, 2.24) is 10.2 Å². The molecule has 1 fully saturated rings. The van der Waals surface area contributed by atoms with E-state index in [4.69, 9.17) is 4.42 Å². The van der Waals surface area contributed by atoms with Gasteiger partial charge in [0.1, 0.15) is 5.76 Å². The van der Waals surface area contributed by atoms with Gasteiger partial charge in [0.25, 0.3) is 0 Å². The Kier molecular flexibility index (Phi) is 5.06. The summed E-state index contributed by atoms with van der Waals surface area (Å²) in [5, 5.41) is 12.9. The molecule has 0 spiro atoms. The molecular weight excluding hydrogens is 256 g/mol. The van der Waals surface area contributed by atoms with E-state index in [9.17, 15) is 9.90 Å². The summed E-state index contributed by atoms with van der Waals surface area (Å²) < 4.78 is 5.27. The highest BCUT2D eigenvalue weighted by molar-refractivity contribution is 5.74. The number of aliphatic hydroxyl groups excluding tert-OH is 1. The normalized spacial score (nSPS) is 24.1. The number of amides is 2. The van der Waals surface area contributed by atoms with E-state index < -0.39 is 0 Å². The average Bonchev–Trinajstić information content (AvgIpc) is 2.95. The van der Waals surface area contributed by atoms with Gasteiger partial charge in [-0.25, -0.2) is 4.79 Å². The van der Waals surface area contributed by atoms with Crippen LogP contribution >= 0.6 is 0 Å². The van der Waals surface area contributed by atoms with Crippen LogP contribution in [-0.2, 0) is 0 Å². The van der Waals surface area contributed by atoms with E-state index >= 15 is 0 Å². The molecule has 1 aromatic rings. The van der Waals surface area contributed by atoms with Crippen LogP contribution in [0.3, 0.4) is 0 Å². The quantitative estimate of drug-likeness (QED) is 0.890. The molecule has 20 heavy (non-hydrogen) atoms. The van der Waals surface area contributed by atoms with Gasteiger partial charge in [-0.1, -0.05) is 12.8 Å². The Bertz CT molecular complexity index is 419. The van der Waals surface area contributed by atoms with E-state index in [1.54, 1.807) is 24.3 Å². The van der Waals surface area contributed by atoms with Crippen molar-refractivity contribution in [1.29, 1.82) is 0 Å². The number of rotatable bonds is 4.